The SMILES string of the molecule is COc1c(OCCCN2CCOCC2)ccc2c3n(c(=NC(=O)c4ccnc(N)n4)nc12)CCN3. The first-order valence-corrected chi connectivity index (χ1v) is 11.6. The van der Waals surface area contributed by atoms with Gasteiger partial charge in [0.1, 0.15) is 17.0 Å². The maximum Gasteiger partial charge on any atom is 0.299 e. The van der Waals surface area contributed by atoms with Crippen molar-refractivity contribution >= 4 is 28.6 Å². The quantitative estimate of drug-likeness (QED) is 0.464. The minimum atomic E-state index is -0.554. The number of nitrogens with two attached hydrogens (primary N) is 1. The number of amides is 1. The van der Waals surface area contributed by atoms with Crippen LogP contribution in [0.2, 0.25) is 0 Å². The molecule has 0 bridgehead atoms. The smallest absolute Gasteiger partial charge is 0.299 e. The molecule has 0 saturated carbocycles. The second-order valence-corrected chi connectivity index (χ2v) is 8.21. The Labute approximate surface area is 201 Å². The molecule has 5 rings (SSSR count). The molecule has 1 saturated heterocycles. The van der Waals surface area contributed by atoms with Crippen molar-refractivity contribution in [2.45, 2.75) is 13.0 Å². The fourth-order valence-electron chi connectivity index (χ4n) is 4.28. The van der Waals surface area contributed by atoms with Crippen LogP contribution >= 0.6 is 0 Å². The van der Waals surface area contributed by atoms with Gasteiger partial charge in [0, 0.05) is 44.3 Å². The number of anilines is 2. The number of nitrogens with one attached hydrogen (secondary N) is 1. The lowest BCUT2D eigenvalue weighted by atomic mass is 10.2. The van der Waals surface area contributed by atoms with Crippen LogP contribution in [0, 0.1) is 0 Å². The summed E-state index contributed by atoms with van der Waals surface area (Å²) in [5.74, 6) is 1.37. The number of ether oxygens (including phenoxy) is 3. The summed E-state index contributed by atoms with van der Waals surface area (Å²) in [6, 6.07) is 5.31. The van der Waals surface area contributed by atoms with Gasteiger partial charge in [-0.1, -0.05) is 0 Å². The fraction of sp³-hybridized carbons (Fsp3) is 0.435. The number of hydrogen-bond acceptors (Lipinski definition) is 10. The highest BCUT2D eigenvalue weighted by atomic mass is 16.5. The Bertz CT molecular complexity index is 1300. The summed E-state index contributed by atoms with van der Waals surface area (Å²) in [6.07, 6.45) is 2.30. The second kappa shape index (κ2) is 10.2. The van der Waals surface area contributed by atoms with E-state index in [2.05, 4.69) is 25.2 Å². The molecule has 0 unspecified atom stereocenters. The highest BCUT2D eigenvalue weighted by molar-refractivity contribution is 5.96. The van der Waals surface area contributed by atoms with Gasteiger partial charge < -0.3 is 25.3 Å². The Morgan fingerprint density at radius 2 is 2.09 bits per heavy atom. The van der Waals surface area contributed by atoms with E-state index < -0.39 is 5.91 Å². The van der Waals surface area contributed by atoms with E-state index >= 15 is 0 Å². The number of rotatable bonds is 7. The molecule has 3 N–H and O–H groups in total. The number of morpholine rings is 1. The fourth-order valence-corrected chi connectivity index (χ4v) is 4.28. The van der Waals surface area contributed by atoms with Crippen LogP contribution in [-0.4, -0.2) is 83.4 Å². The van der Waals surface area contributed by atoms with Crippen LogP contribution < -0.4 is 26.1 Å². The van der Waals surface area contributed by atoms with Crippen LogP contribution in [-0.2, 0) is 11.3 Å². The first kappa shape index (κ1) is 23.0. The van der Waals surface area contributed by atoms with Crippen molar-refractivity contribution < 1.29 is 19.0 Å². The van der Waals surface area contributed by atoms with E-state index in [1.54, 1.807) is 7.11 Å². The van der Waals surface area contributed by atoms with E-state index in [1.165, 1.54) is 12.3 Å². The molecule has 0 aliphatic carbocycles. The number of methoxy groups -OCH3 is 1. The molecule has 12 nitrogen and oxygen atoms in total. The average Bonchev–Trinajstić information content (AvgIpc) is 3.38. The van der Waals surface area contributed by atoms with Crippen molar-refractivity contribution in [3.05, 3.63) is 35.7 Å². The van der Waals surface area contributed by atoms with Gasteiger partial charge in [0.25, 0.3) is 5.91 Å². The highest BCUT2D eigenvalue weighted by Gasteiger charge is 2.21. The molecule has 184 valence electrons. The first-order valence-electron chi connectivity index (χ1n) is 11.6. The standard InChI is InChI=1S/C23H28N8O4/c1-33-19-17(35-12-2-8-30-10-13-34-14-11-30)4-3-15-18(19)28-23(31-9-7-25-20(15)31)29-21(32)16-5-6-26-22(24)27-16/h3-6,25H,2,7-14H2,1H3,(H2,24,26,27). The lowest BCUT2D eigenvalue weighted by molar-refractivity contribution is 0.0357. The number of fused-ring (bicyclic) bond motifs is 3. The third-order valence-electron chi connectivity index (χ3n) is 5.98. The molecule has 0 spiro atoms. The van der Waals surface area contributed by atoms with Crippen molar-refractivity contribution in [3.63, 3.8) is 0 Å². The predicted octanol–water partition coefficient (Wildman–Crippen LogP) is 0.685. The van der Waals surface area contributed by atoms with E-state index in [4.69, 9.17) is 24.9 Å². The van der Waals surface area contributed by atoms with Gasteiger partial charge in [0.05, 0.1) is 26.9 Å². The Morgan fingerprint density at radius 1 is 1.23 bits per heavy atom. The van der Waals surface area contributed by atoms with Gasteiger partial charge in [-0.2, -0.15) is 4.99 Å². The zero-order chi connectivity index (χ0) is 24.2. The minimum Gasteiger partial charge on any atom is -0.491 e. The van der Waals surface area contributed by atoms with Crippen LogP contribution in [0.4, 0.5) is 11.8 Å². The summed E-state index contributed by atoms with van der Waals surface area (Å²) in [4.78, 5) is 31.9. The number of benzene rings is 1. The van der Waals surface area contributed by atoms with Crippen LogP contribution in [0.25, 0.3) is 10.9 Å². The third kappa shape index (κ3) is 4.88. The monoisotopic (exact) mass is 480 g/mol. The van der Waals surface area contributed by atoms with Crippen molar-refractivity contribution in [1.82, 2.24) is 24.4 Å². The maximum absolute atomic E-state index is 12.8. The summed E-state index contributed by atoms with van der Waals surface area (Å²) < 4.78 is 19.0. The zero-order valence-electron chi connectivity index (χ0n) is 19.6. The molecular weight excluding hydrogens is 452 g/mol. The van der Waals surface area contributed by atoms with Crippen molar-refractivity contribution in [1.29, 1.82) is 0 Å². The lowest BCUT2D eigenvalue weighted by Crippen LogP contribution is -2.37. The van der Waals surface area contributed by atoms with Crippen molar-refractivity contribution in [2.24, 2.45) is 4.99 Å². The molecule has 0 radical (unpaired) electrons. The van der Waals surface area contributed by atoms with Gasteiger partial charge in [-0.3, -0.25) is 14.3 Å². The number of nitrogens with zero attached hydrogens (tertiary/aromatic N) is 6. The molecule has 4 heterocycles. The number of hydrogen-bond donors (Lipinski definition) is 2. The van der Waals surface area contributed by atoms with Crippen molar-refractivity contribution in [2.75, 3.05) is 64.2 Å². The lowest BCUT2D eigenvalue weighted by Gasteiger charge is -2.26. The Balaban J connectivity index is 1.45. The van der Waals surface area contributed by atoms with E-state index in [0.29, 0.717) is 36.7 Å². The van der Waals surface area contributed by atoms with Gasteiger partial charge >= 0.3 is 0 Å². The third-order valence-corrected chi connectivity index (χ3v) is 5.98. The van der Waals surface area contributed by atoms with Gasteiger partial charge in [-0.15, -0.1) is 0 Å². The molecule has 2 aromatic heterocycles. The summed E-state index contributed by atoms with van der Waals surface area (Å²) in [6.45, 7) is 6.27. The van der Waals surface area contributed by atoms with E-state index in [0.717, 1.165) is 50.5 Å². The largest absolute Gasteiger partial charge is 0.491 e. The molecule has 1 aromatic carbocycles. The first-order chi connectivity index (χ1) is 17.1. The van der Waals surface area contributed by atoms with Crippen LogP contribution in [0.5, 0.6) is 11.5 Å². The molecule has 2 aliphatic rings. The van der Waals surface area contributed by atoms with Crippen LogP contribution in [0.3, 0.4) is 0 Å². The van der Waals surface area contributed by atoms with Crippen LogP contribution in [0.15, 0.2) is 29.4 Å². The Morgan fingerprint density at radius 3 is 2.89 bits per heavy atom. The van der Waals surface area contributed by atoms with E-state index in [-0.39, 0.29) is 17.3 Å². The molecule has 0 atom stereocenters. The molecule has 1 fully saturated rings. The van der Waals surface area contributed by atoms with E-state index in [9.17, 15) is 4.79 Å². The summed E-state index contributed by atoms with van der Waals surface area (Å²) in [7, 11) is 1.58. The number of aromatic nitrogens is 4. The highest BCUT2D eigenvalue weighted by Crippen LogP contribution is 2.37. The minimum absolute atomic E-state index is 0.00847. The topological polar surface area (TPSA) is 142 Å². The van der Waals surface area contributed by atoms with Gasteiger partial charge in [0.15, 0.2) is 11.5 Å². The Kier molecular flexibility index (Phi) is 6.73. The van der Waals surface area contributed by atoms with Gasteiger partial charge in [0.2, 0.25) is 11.6 Å². The number of carbonyl (C=O) groups excluding carboxylic acids is 1. The molecule has 35 heavy (non-hydrogen) atoms. The Hall–Kier alpha value is -3.77. The number of carbonyl (C=O) groups is 1. The van der Waals surface area contributed by atoms with Crippen molar-refractivity contribution in [3.8, 4) is 11.5 Å². The van der Waals surface area contributed by atoms with E-state index in [1.807, 2.05) is 16.7 Å². The van der Waals surface area contributed by atoms with Crippen LogP contribution in [0.1, 0.15) is 16.9 Å². The predicted molar refractivity (Wildman–Crippen MR) is 128 cm³/mol. The maximum atomic E-state index is 12.8. The second-order valence-electron chi connectivity index (χ2n) is 8.21. The van der Waals surface area contributed by atoms with Gasteiger partial charge in [-0.25, -0.2) is 15.0 Å². The molecule has 1 amide bonds. The van der Waals surface area contributed by atoms with Gasteiger partial charge in [-0.05, 0) is 24.6 Å². The summed E-state index contributed by atoms with van der Waals surface area (Å²) in [5, 5.41) is 4.22. The molecular formula is C23H28N8O4. The average molecular weight is 481 g/mol. The molecule has 2 aliphatic heterocycles. The summed E-state index contributed by atoms with van der Waals surface area (Å²) in [5.41, 5.74) is 6.53. The number of nitrogen functional groups attached to an aromatic ring is 1. The molecule has 12 heteroatoms. The molecule has 3 aromatic rings. The normalized spacial score (nSPS) is 16.2. The zero-order valence-corrected chi connectivity index (χ0v) is 19.6. The summed E-state index contributed by atoms with van der Waals surface area (Å²) >= 11 is 0.